The first kappa shape index (κ1) is 18.9. The number of amidine groups is 2. The van der Waals surface area contributed by atoms with E-state index in [1.54, 1.807) is 13.2 Å². The number of fused-ring (bicyclic) bond motifs is 1. The second-order valence-corrected chi connectivity index (χ2v) is 8.37. The van der Waals surface area contributed by atoms with Crippen molar-refractivity contribution < 1.29 is 9.53 Å². The molecule has 0 atom stereocenters. The highest BCUT2D eigenvalue weighted by atomic mass is 32.2. The zero-order valence-corrected chi connectivity index (χ0v) is 16.8. The summed E-state index contributed by atoms with van der Waals surface area (Å²) in [4.78, 5) is 16.6. The minimum absolute atomic E-state index is 0.0889. The largest absolute Gasteiger partial charge is 0.497 e. The SMILES string of the molecule is COc1ccc(/C=C2\C(=N)N3N=C(CCC4CCCCC4)SC3=NC2=O)cc1. The van der Waals surface area contributed by atoms with Gasteiger partial charge in [-0.1, -0.05) is 44.2 Å². The molecule has 1 aliphatic carbocycles. The van der Waals surface area contributed by atoms with Crippen molar-refractivity contribution in [2.75, 3.05) is 7.11 Å². The van der Waals surface area contributed by atoms with Crippen LogP contribution in [0.5, 0.6) is 5.75 Å². The van der Waals surface area contributed by atoms with E-state index in [-0.39, 0.29) is 17.3 Å². The molecule has 0 unspecified atom stereocenters. The average Bonchev–Trinajstić information content (AvgIpc) is 3.14. The molecule has 3 aliphatic rings. The number of aliphatic imine (C=N–C) groups is 1. The third-order valence-corrected chi connectivity index (χ3v) is 6.38. The number of nitrogens with zero attached hydrogens (tertiary/aromatic N) is 3. The Labute approximate surface area is 169 Å². The first-order valence-electron chi connectivity index (χ1n) is 9.77. The smallest absolute Gasteiger partial charge is 0.283 e. The third kappa shape index (κ3) is 4.04. The van der Waals surface area contributed by atoms with Crippen LogP contribution >= 0.6 is 11.8 Å². The van der Waals surface area contributed by atoms with Crippen molar-refractivity contribution in [2.24, 2.45) is 16.0 Å². The minimum atomic E-state index is -0.386. The highest BCUT2D eigenvalue weighted by Crippen LogP contribution is 2.33. The number of ether oxygens (including phenoxy) is 1. The summed E-state index contributed by atoms with van der Waals surface area (Å²) in [6.45, 7) is 0. The molecule has 4 rings (SSSR count). The molecular weight excluding hydrogens is 372 g/mol. The van der Waals surface area contributed by atoms with Crippen molar-refractivity contribution >= 4 is 39.8 Å². The molecule has 1 aromatic rings. The molecule has 0 bridgehead atoms. The van der Waals surface area contributed by atoms with Gasteiger partial charge in [0, 0.05) is 0 Å². The normalized spacial score (nSPS) is 21.6. The number of nitrogens with one attached hydrogen (secondary N) is 1. The van der Waals surface area contributed by atoms with Crippen LogP contribution in [0, 0.1) is 11.3 Å². The zero-order valence-electron chi connectivity index (χ0n) is 16.0. The van der Waals surface area contributed by atoms with E-state index in [0.29, 0.717) is 5.17 Å². The van der Waals surface area contributed by atoms with Gasteiger partial charge in [-0.15, -0.1) is 0 Å². The quantitative estimate of drug-likeness (QED) is 0.733. The Balaban J connectivity index is 1.47. The van der Waals surface area contributed by atoms with Gasteiger partial charge in [0.25, 0.3) is 5.91 Å². The number of carbonyl (C=O) groups excluding carboxylic acids is 1. The van der Waals surface area contributed by atoms with Crippen molar-refractivity contribution in [2.45, 2.75) is 44.9 Å². The van der Waals surface area contributed by atoms with Gasteiger partial charge in [-0.05, 0) is 54.3 Å². The molecule has 1 saturated carbocycles. The lowest BCUT2D eigenvalue weighted by Gasteiger charge is -2.20. The van der Waals surface area contributed by atoms with Gasteiger partial charge in [0.15, 0.2) is 5.84 Å². The van der Waals surface area contributed by atoms with Crippen LogP contribution in [0.25, 0.3) is 6.08 Å². The first-order valence-corrected chi connectivity index (χ1v) is 10.6. The van der Waals surface area contributed by atoms with Gasteiger partial charge in [-0.2, -0.15) is 15.1 Å². The molecule has 146 valence electrons. The molecule has 1 N–H and O–H groups in total. The molecule has 28 heavy (non-hydrogen) atoms. The highest BCUT2D eigenvalue weighted by molar-refractivity contribution is 8.26. The van der Waals surface area contributed by atoms with E-state index in [0.717, 1.165) is 35.1 Å². The number of thioether (sulfide) groups is 1. The van der Waals surface area contributed by atoms with Crippen LogP contribution in [-0.4, -0.2) is 34.1 Å². The van der Waals surface area contributed by atoms with Gasteiger partial charge < -0.3 is 4.74 Å². The molecule has 6 nitrogen and oxygen atoms in total. The molecular formula is C21H24N4O2S. The van der Waals surface area contributed by atoms with Crippen LogP contribution in [0.1, 0.15) is 50.5 Å². The van der Waals surface area contributed by atoms with Gasteiger partial charge in [-0.3, -0.25) is 10.2 Å². The van der Waals surface area contributed by atoms with E-state index in [1.807, 2.05) is 24.3 Å². The van der Waals surface area contributed by atoms with Crippen LogP contribution in [-0.2, 0) is 4.79 Å². The number of carbonyl (C=O) groups is 1. The van der Waals surface area contributed by atoms with Gasteiger partial charge in [0.2, 0.25) is 5.17 Å². The standard InChI is InChI=1S/C21H24N4O2S/c1-27-16-10-7-15(8-11-16)13-17-19(22)25-21(23-20(17)26)28-18(24-25)12-9-14-5-3-2-4-6-14/h7-8,10-11,13-14,22H,2-6,9,12H2,1H3/b17-13+,22-19?. The molecule has 1 aromatic carbocycles. The summed E-state index contributed by atoms with van der Waals surface area (Å²) in [5, 5.41) is 16.0. The molecule has 7 heteroatoms. The van der Waals surface area contributed by atoms with E-state index in [4.69, 9.17) is 10.1 Å². The van der Waals surface area contributed by atoms with E-state index < -0.39 is 0 Å². The van der Waals surface area contributed by atoms with E-state index in [1.165, 1.54) is 48.9 Å². The van der Waals surface area contributed by atoms with Crippen LogP contribution < -0.4 is 4.74 Å². The van der Waals surface area contributed by atoms with E-state index in [9.17, 15) is 4.79 Å². The summed E-state index contributed by atoms with van der Waals surface area (Å²) >= 11 is 1.42. The number of hydrogen-bond acceptors (Lipinski definition) is 5. The van der Waals surface area contributed by atoms with Gasteiger partial charge >= 0.3 is 0 Å². The summed E-state index contributed by atoms with van der Waals surface area (Å²) in [5.74, 6) is 1.23. The number of amides is 1. The van der Waals surface area contributed by atoms with Crippen molar-refractivity contribution in [3.8, 4) is 5.75 Å². The maximum Gasteiger partial charge on any atom is 0.283 e. The molecule has 0 radical (unpaired) electrons. The Morgan fingerprint density at radius 3 is 2.71 bits per heavy atom. The number of benzene rings is 1. The Bertz CT molecular complexity index is 867. The van der Waals surface area contributed by atoms with Gasteiger partial charge in [0.05, 0.1) is 12.7 Å². The summed E-state index contributed by atoms with van der Waals surface area (Å²) in [6, 6.07) is 7.35. The summed E-state index contributed by atoms with van der Waals surface area (Å²) < 4.78 is 5.16. The second-order valence-electron chi connectivity index (χ2n) is 7.33. The summed E-state index contributed by atoms with van der Waals surface area (Å²) in [5.41, 5.74) is 1.08. The maximum absolute atomic E-state index is 12.5. The first-order chi connectivity index (χ1) is 13.6. The zero-order chi connectivity index (χ0) is 19.5. The number of hydrazone groups is 1. The maximum atomic E-state index is 12.5. The summed E-state index contributed by atoms with van der Waals surface area (Å²) in [6.07, 6.45) is 10.4. The molecule has 0 spiro atoms. The summed E-state index contributed by atoms with van der Waals surface area (Å²) in [7, 11) is 1.61. The molecule has 1 fully saturated rings. The Morgan fingerprint density at radius 2 is 2.00 bits per heavy atom. The number of rotatable bonds is 5. The van der Waals surface area contributed by atoms with Crippen LogP contribution in [0.15, 0.2) is 39.9 Å². The monoisotopic (exact) mass is 396 g/mol. The van der Waals surface area contributed by atoms with E-state index in [2.05, 4.69) is 10.1 Å². The molecule has 0 saturated heterocycles. The van der Waals surface area contributed by atoms with E-state index >= 15 is 0 Å². The molecule has 2 aliphatic heterocycles. The van der Waals surface area contributed by atoms with Crippen molar-refractivity contribution in [1.29, 1.82) is 5.41 Å². The fourth-order valence-corrected chi connectivity index (χ4v) is 4.70. The molecule has 0 aromatic heterocycles. The molecule has 1 amide bonds. The van der Waals surface area contributed by atoms with Crippen molar-refractivity contribution in [1.82, 2.24) is 5.01 Å². The second kappa shape index (κ2) is 8.31. The lowest BCUT2D eigenvalue weighted by atomic mass is 9.86. The Hall–Kier alpha value is -2.41. The number of hydrogen-bond donors (Lipinski definition) is 1. The van der Waals surface area contributed by atoms with Crippen LogP contribution in [0.3, 0.4) is 0 Å². The topological polar surface area (TPSA) is 78.1 Å². The minimum Gasteiger partial charge on any atom is -0.497 e. The fourth-order valence-electron chi connectivity index (χ4n) is 3.80. The lowest BCUT2D eigenvalue weighted by Crippen LogP contribution is -2.35. The van der Waals surface area contributed by atoms with Crippen LogP contribution in [0.4, 0.5) is 0 Å². The Morgan fingerprint density at radius 1 is 1.25 bits per heavy atom. The van der Waals surface area contributed by atoms with Gasteiger partial charge in [0.1, 0.15) is 10.8 Å². The number of methoxy groups -OCH3 is 1. The van der Waals surface area contributed by atoms with Gasteiger partial charge in [-0.25, -0.2) is 0 Å². The van der Waals surface area contributed by atoms with Crippen molar-refractivity contribution in [3.63, 3.8) is 0 Å². The molecule has 2 heterocycles. The highest BCUT2D eigenvalue weighted by Gasteiger charge is 2.35. The predicted molar refractivity (Wildman–Crippen MR) is 114 cm³/mol. The third-order valence-electron chi connectivity index (χ3n) is 5.41. The lowest BCUT2D eigenvalue weighted by molar-refractivity contribution is -0.114. The van der Waals surface area contributed by atoms with Crippen molar-refractivity contribution in [3.05, 3.63) is 35.4 Å². The average molecular weight is 397 g/mol. The van der Waals surface area contributed by atoms with Crippen LogP contribution in [0.2, 0.25) is 0 Å². The fraction of sp³-hybridized carbons (Fsp3) is 0.429. The Kier molecular flexibility index (Phi) is 5.62. The predicted octanol–water partition coefficient (Wildman–Crippen LogP) is 4.67.